The largest absolute Gasteiger partial charge is 0.484 e. The number of methoxy groups -OCH3 is 1. The van der Waals surface area contributed by atoms with Gasteiger partial charge in [0.25, 0.3) is 5.91 Å². The molecule has 1 saturated heterocycles. The van der Waals surface area contributed by atoms with E-state index in [0.29, 0.717) is 0 Å². The van der Waals surface area contributed by atoms with Crippen molar-refractivity contribution in [2.75, 3.05) is 53.0 Å². The molecule has 1 heterocycles. The third kappa shape index (κ3) is 5.31. The van der Waals surface area contributed by atoms with Crippen LogP contribution in [0, 0.1) is 6.92 Å². The first kappa shape index (κ1) is 16.8. The molecule has 0 saturated carbocycles. The molecule has 0 spiro atoms. The van der Waals surface area contributed by atoms with E-state index in [1.807, 2.05) is 36.1 Å². The topological polar surface area (TPSA) is 42.0 Å². The minimum Gasteiger partial charge on any atom is -0.484 e. The predicted molar refractivity (Wildman–Crippen MR) is 86.2 cm³/mol. The molecule has 122 valence electrons. The maximum atomic E-state index is 12.3. The van der Waals surface area contributed by atoms with Crippen LogP contribution in [-0.4, -0.2) is 68.8 Å². The van der Waals surface area contributed by atoms with Crippen molar-refractivity contribution in [1.29, 1.82) is 0 Å². The molecule has 5 heteroatoms. The van der Waals surface area contributed by atoms with Gasteiger partial charge in [0.2, 0.25) is 0 Å². The summed E-state index contributed by atoms with van der Waals surface area (Å²) < 4.78 is 10.7. The normalized spacial score (nSPS) is 16.4. The minimum atomic E-state index is 0.0649. The van der Waals surface area contributed by atoms with Crippen molar-refractivity contribution in [3.63, 3.8) is 0 Å². The third-order valence-electron chi connectivity index (χ3n) is 3.90. The Morgan fingerprint density at radius 3 is 2.86 bits per heavy atom. The Bertz CT molecular complexity index is 479. The molecule has 0 N–H and O–H groups in total. The second kappa shape index (κ2) is 8.76. The molecular formula is C17H26N2O3. The van der Waals surface area contributed by atoms with Crippen molar-refractivity contribution in [2.24, 2.45) is 0 Å². The van der Waals surface area contributed by atoms with Crippen molar-refractivity contribution in [1.82, 2.24) is 9.80 Å². The second-order valence-electron chi connectivity index (χ2n) is 5.67. The SMILES string of the molecule is COCCN1CCCN(C(=O)COc2cccc(C)c2)CC1. The van der Waals surface area contributed by atoms with Crippen molar-refractivity contribution in [3.8, 4) is 5.75 Å². The van der Waals surface area contributed by atoms with E-state index in [2.05, 4.69) is 4.90 Å². The number of nitrogens with zero attached hydrogens (tertiary/aromatic N) is 2. The summed E-state index contributed by atoms with van der Waals surface area (Å²) in [6, 6.07) is 7.78. The van der Waals surface area contributed by atoms with E-state index in [1.165, 1.54) is 0 Å². The molecule has 0 aliphatic carbocycles. The Morgan fingerprint density at radius 2 is 2.09 bits per heavy atom. The smallest absolute Gasteiger partial charge is 0.260 e. The van der Waals surface area contributed by atoms with Gasteiger partial charge in [0.15, 0.2) is 6.61 Å². The third-order valence-corrected chi connectivity index (χ3v) is 3.90. The van der Waals surface area contributed by atoms with Crippen LogP contribution in [0.15, 0.2) is 24.3 Å². The number of aryl methyl sites for hydroxylation is 1. The summed E-state index contributed by atoms with van der Waals surface area (Å²) in [7, 11) is 1.72. The highest BCUT2D eigenvalue weighted by molar-refractivity contribution is 5.77. The summed E-state index contributed by atoms with van der Waals surface area (Å²) in [6.45, 7) is 7.28. The molecule has 0 aromatic heterocycles. The summed E-state index contributed by atoms with van der Waals surface area (Å²) in [5.41, 5.74) is 1.13. The zero-order valence-corrected chi connectivity index (χ0v) is 13.6. The van der Waals surface area contributed by atoms with E-state index >= 15 is 0 Å². The van der Waals surface area contributed by atoms with Crippen LogP contribution in [0.2, 0.25) is 0 Å². The number of amides is 1. The standard InChI is InChI=1S/C17H26N2O3/c1-15-5-3-6-16(13-15)22-14-17(20)19-8-4-7-18(9-10-19)11-12-21-2/h3,5-6,13H,4,7-12,14H2,1-2H3. The number of carbonyl (C=O) groups excluding carboxylic acids is 1. The summed E-state index contributed by atoms with van der Waals surface area (Å²) in [5.74, 6) is 0.819. The van der Waals surface area contributed by atoms with Crippen LogP contribution in [-0.2, 0) is 9.53 Å². The Balaban J connectivity index is 1.77. The molecule has 1 aromatic carbocycles. The molecule has 1 aliphatic rings. The van der Waals surface area contributed by atoms with Crippen LogP contribution >= 0.6 is 0 Å². The molecule has 0 unspecified atom stereocenters. The average Bonchev–Trinajstić information content (AvgIpc) is 2.76. The van der Waals surface area contributed by atoms with Crippen molar-refractivity contribution in [3.05, 3.63) is 29.8 Å². The highest BCUT2D eigenvalue weighted by Crippen LogP contribution is 2.12. The number of hydrogen-bond donors (Lipinski definition) is 0. The van der Waals surface area contributed by atoms with Gasteiger partial charge in [0, 0.05) is 33.3 Å². The maximum Gasteiger partial charge on any atom is 0.260 e. The summed E-state index contributed by atoms with van der Waals surface area (Å²) in [4.78, 5) is 16.5. The van der Waals surface area contributed by atoms with Gasteiger partial charge in [-0.3, -0.25) is 9.69 Å². The number of rotatable bonds is 6. The van der Waals surface area contributed by atoms with E-state index in [9.17, 15) is 4.79 Å². The maximum absolute atomic E-state index is 12.3. The van der Waals surface area contributed by atoms with Gasteiger partial charge in [0.05, 0.1) is 6.61 Å². The lowest BCUT2D eigenvalue weighted by molar-refractivity contribution is -0.133. The monoisotopic (exact) mass is 306 g/mol. The van der Waals surface area contributed by atoms with Gasteiger partial charge in [-0.15, -0.1) is 0 Å². The lowest BCUT2D eigenvalue weighted by Crippen LogP contribution is -2.38. The average molecular weight is 306 g/mol. The van der Waals surface area contributed by atoms with E-state index in [-0.39, 0.29) is 12.5 Å². The molecule has 0 radical (unpaired) electrons. The highest BCUT2D eigenvalue weighted by atomic mass is 16.5. The van der Waals surface area contributed by atoms with Gasteiger partial charge in [-0.25, -0.2) is 0 Å². The van der Waals surface area contributed by atoms with Crippen LogP contribution in [0.1, 0.15) is 12.0 Å². The zero-order chi connectivity index (χ0) is 15.8. The molecule has 0 bridgehead atoms. The van der Waals surface area contributed by atoms with Gasteiger partial charge in [-0.1, -0.05) is 12.1 Å². The molecule has 1 aromatic rings. The van der Waals surface area contributed by atoms with Crippen LogP contribution in [0.25, 0.3) is 0 Å². The van der Waals surface area contributed by atoms with Crippen LogP contribution < -0.4 is 4.74 Å². The van der Waals surface area contributed by atoms with Crippen LogP contribution in [0.3, 0.4) is 0 Å². The Morgan fingerprint density at radius 1 is 1.23 bits per heavy atom. The van der Waals surface area contributed by atoms with Crippen molar-refractivity contribution >= 4 is 5.91 Å². The Labute approximate surface area is 132 Å². The van der Waals surface area contributed by atoms with Crippen LogP contribution in [0.4, 0.5) is 0 Å². The lowest BCUT2D eigenvalue weighted by Gasteiger charge is -2.22. The fraction of sp³-hybridized carbons (Fsp3) is 0.588. The first-order chi connectivity index (χ1) is 10.7. The van der Waals surface area contributed by atoms with Crippen LogP contribution in [0.5, 0.6) is 5.75 Å². The molecule has 5 nitrogen and oxygen atoms in total. The van der Waals surface area contributed by atoms with E-state index < -0.39 is 0 Å². The number of benzene rings is 1. The molecular weight excluding hydrogens is 280 g/mol. The number of carbonyl (C=O) groups is 1. The highest BCUT2D eigenvalue weighted by Gasteiger charge is 2.19. The van der Waals surface area contributed by atoms with E-state index in [0.717, 1.165) is 57.1 Å². The fourth-order valence-electron chi connectivity index (χ4n) is 2.61. The minimum absolute atomic E-state index is 0.0649. The van der Waals surface area contributed by atoms with Gasteiger partial charge in [-0.05, 0) is 37.6 Å². The lowest BCUT2D eigenvalue weighted by atomic mass is 10.2. The molecule has 2 rings (SSSR count). The van der Waals surface area contributed by atoms with Gasteiger partial charge < -0.3 is 14.4 Å². The number of ether oxygens (including phenoxy) is 2. The molecule has 22 heavy (non-hydrogen) atoms. The zero-order valence-electron chi connectivity index (χ0n) is 13.6. The Hall–Kier alpha value is -1.59. The predicted octanol–water partition coefficient (Wildman–Crippen LogP) is 1.55. The molecule has 1 amide bonds. The fourth-order valence-corrected chi connectivity index (χ4v) is 2.61. The van der Waals surface area contributed by atoms with Crippen molar-refractivity contribution < 1.29 is 14.3 Å². The second-order valence-corrected chi connectivity index (χ2v) is 5.67. The molecule has 0 atom stereocenters. The quantitative estimate of drug-likeness (QED) is 0.800. The summed E-state index contributed by atoms with van der Waals surface area (Å²) in [5, 5.41) is 0. The molecule has 1 aliphatic heterocycles. The van der Waals surface area contributed by atoms with Gasteiger partial charge >= 0.3 is 0 Å². The van der Waals surface area contributed by atoms with E-state index in [4.69, 9.17) is 9.47 Å². The van der Waals surface area contributed by atoms with Crippen molar-refractivity contribution in [2.45, 2.75) is 13.3 Å². The first-order valence-corrected chi connectivity index (χ1v) is 7.87. The van der Waals surface area contributed by atoms with Gasteiger partial charge in [-0.2, -0.15) is 0 Å². The van der Waals surface area contributed by atoms with Gasteiger partial charge in [0.1, 0.15) is 5.75 Å². The van der Waals surface area contributed by atoms with E-state index in [1.54, 1.807) is 7.11 Å². The first-order valence-electron chi connectivity index (χ1n) is 7.87. The Kier molecular flexibility index (Phi) is 6.68. The summed E-state index contributed by atoms with van der Waals surface area (Å²) >= 11 is 0. The molecule has 1 fully saturated rings. The number of hydrogen-bond acceptors (Lipinski definition) is 4. The summed E-state index contributed by atoms with van der Waals surface area (Å²) in [6.07, 6.45) is 1.000.